The Morgan fingerprint density at radius 1 is 1.38 bits per heavy atom. The lowest BCUT2D eigenvalue weighted by Crippen LogP contribution is -2.30. The summed E-state index contributed by atoms with van der Waals surface area (Å²) in [6.45, 7) is 0. The minimum Gasteiger partial charge on any atom is -0.290 e. The smallest absolute Gasteiger partial charge is 0.266 e. The van der Waals surface area contributed by atoms with Gasteiger partial charge in [0.1, 0.15) is 0 Å². The lowest BCUT2D eigenvalue weighted by atomic mass is 10.1. The summed E-state index contributed by atoms with van der Waals surface area (Å²) in [4.78, 5) is 12.8. The molecule has 0 unspecified atom stereocenters. The number of amides is 1. The summed E-state index contributed by atoms with van der Waals surface area (Å²) in [6, 6.07) is 8.25. The Hall–Kier alpha value is -1.65. The molecule has 3 rings (SSSR count). The van der Waals surface area contributed by atoms with E-state index in [9.17, 15) is 4.79 Å². The second-order valence-electron chi connectivity index (χ2n) is 3.76. The zero-order valence-electron chi connectivity index (χ0n) is 8.49. The number of rotatable bonds is 1. The predicted molar refractivity (Wildman–Crippen MR) is 64.2 cm³/mol. The molecule has 3 N–H and O–H groups in total. The van der Waals surface area contributed by atoms with E-state index in [1.165, 1.54) is 16.0 Å². The van der Waals surface area contributed by atoms with Crippen molar-refractivity contribution in [3.8, 4) is 10.4 Å². The van der Waals surface area contributed by atoms with Gasteiger partial charge in [0.15, 0.2) is 0 Å². The molecule has 0 aliphatic heterocycles. The van der Waals surface area contributed by atoms with Gasteiger partial charge in [0.05, 0.1) is 5.56 Å². The number of thiophene rings is 1. The number of nitrogen functional groups attached to an aromatic ring is 1. The third-order valence-electron chi connectivity index (χ3n) is 2.90. The van der Waals surface area contributed by atoms with Gasteiger partial charge in [0, 0.05) is 16.7 Å². The maximum Gasteiger partial charge on any atom is 0.266 e. The van der Waals surface area contributed by atoms with Crippen molar-refractivity contribution >= 4 is 17.2 Å². The van der Waals surface area contributed by atoms with Gasteiger partial charge in [-0.3, -0.25) is 10.2 Å². The third-order valence-corrected chi connectivity index (χ3v) is 3.95. The first-order valence-corrected chi connectivity index (χ1v) is 5.89. The molecule has 1 aromatic heterocycles. The Bertz CT molecular complexity index is 574. The molecule has 1 heterocycles. The topological polar surface area (TPSA) is 55.1 Å². The van der Waals surface area contributed by atoms with Crippen LogP contribution >= 0.6 is 11.3 Å². The zero-order valence-corrected chi connectivity index (χ0v) is 9.30. The first-order valence-electron chi connectivity index (χ1n) is 5.01. The lowest BCUT2D eigenvalue weighted by molar-refractivity contribution is 0.0953. The van der Waals surface area contributed by atoms with Gasteiger partial charge < -0.3 is 0 Å². The minimum absolute atomic E-state index is 0.203. The largest absolute Gasteiger partial charge is 0.290 e. The molecular formula is C12H10N2OS. The Balaban J connectivity index is 2.15. The van der Waals surface area contributed by atoms with Crippen LogP contribution in [0.15, 0.2) is 29.6 Å². The van der Waals surface area contributed by atoms with Crippen LogP contribution in [-0.2, 0) is 6.42 Å². The van der Waals surface area contributed by atoms with Crippen LogP contribution in [0.3, 0.4) is 0 Å². The van der Waals surface area contributed by atoms with Crippen LogP contribution in [0.1, 0.15) is 21.5 Å². The van der Waals surface area contributed by atoms with Gasteiger partial charge in [-0.25, -0.2) is 5.84 Å². The van der Waals surface area contributed by atoms with Gasteiger partial charge in [0.25, 0.3) is 5.91 Å². The highest BCUT2D eigenvalue weighted by molar-refractivity contribution is 7.14. The van der Waals surface area contributed by atoms with E-state index in [0.717, 1.165) is 12.0 Å². The van der Waals surface area contributed by atoms with Crippen LogP contribution in [-0.4, -0.2) is 5.91 Å². The van der Waals surface area contributed by atoms with Gasteiger partial charge >= 0.3 is 0 Å². The third kappa shape index (κ3) is 1.20. The van der Waals surface area contributed by atoms with Crippen molar-refractivity contribution in [3.63, 3.8) is 0 Å². The molecule has 0 spiro atoms. The number of nitrogens with two attached hydrogens (primary N) is 1. The van der Waals surface area contributed by atoms with E-state index >= 15 is 0 Å². The average molecular weight is 230 g/mol. The van der Waals surface area contributed by atoms with Gasteiger partial charge in [-0.2, -0.15) is 0 Å². The molecular weight excluding hydrogens is 220 g/mol. The maximum atomic E-state index is 11.6. The van der Waals surface area contributed by atoms with E-state index in [1.807, 2.05) is 17.5 Å². The molecule has 0 saturated carbocycles. The molecule has 16 heavy (non-hydrogen) atoms. The molecule has 0 bridgehead atoms. The Morgan fingerprint density at radius 2 is 2.19 bits per heavy atom. The normalized spacial score (nSPS) is 12.1. The number of carbonyl (C=O) groups excluding carboxylic acids is 1. The Morgan fingerprint density at radius 3 is 3.00 bits per heavy atom. The van der Waals surface area contributed by atoms with E-state index in [1.54, 1.807) is 11.3 Å². The van der Waals surface area contributed by atoms with Gasteiger partial charge in [0.2, 0.25) is 0 Å². The van der Waals surface area contributed by atoms with Crippen LogP contribution in [0.25, 0.3) is 10.4 Å². The predicted octanol–water partition coefficient (Wildman–Crippen LogP) is 1.92. The fourth-order valence-electron chi connectivity index (χ4n) is 2.14. The van der Waals surface area contributed by atoms with Gasteiger partial charge in [-0.05, 0) is 16.7 Å². The van der Waals surface area contributed by atoms with Crippen molar-refractivity contribution in [3.05, 3.63) is 46.3 Å². The molecule has 0 radical (unpaired) electrons. The molecule has 1 aliphatic rings. The van der Waals surface area contributed by atoms with Crippen molar-refractivity contribution in [2.24, 2.45) is 5.84 Å². The summed E-state index contributed by atoms with van der Waals surface area (Å²) in [5.74, 6) is 4.96. The molecule has 0 fully saturated rings. The number of nitrogens with one attached hydrogen (secondary N) is 1. The van der Waals surface area contributed by atoms with E-state index in [0.29, 0.717) is 5.56 Å². The molecule has 80 valence electrons. The number of carbonyl (C=O) groups is 1. The molecule has 0 atom stereocenters. The quantitative estimate of drug-likeness (QED) is 0.381. The van der Waals surface area contributed by atoms with Gasteiger partial charge in [-0.1, -0.05) is 24.3 Å². The second kappa shape index (κ2) is 3.43. The van der Waals surface area contributed by atoms with Crippen LogP contribution in [0.5, 0.6) is 0 Å². The fraction of sp³-hybridized carbons (Fsp3) is 0.0833. The molecule has 1 aromatic carbocycles. The first kappa shape index (κ1) is 9.57. The average Bonchev–Trinajstić information content (AvgIpc) is 2.86. The summed E-state index contributed by atoms with van der Waals surface area (Å²) >= 11 is 1.61. The Labute approximate surface area is 96.9 Å². The van der Waals surface area contributed by atoms with E-state index in [4.69, 9.17) is 5.84 Å². The second-order valence-corrected chi connectivity index (χ2v) is 4.64. The first-order chi connectivity index (χ1) is 7.81. The van der Waals surface area contributed by atoms with Gasteiger partial charge in [-0.15, -0.1) is 11.3 Å². The molecule has 4 heteroatoms. The van der Waals surface area contributed by atoms with Crippen LogP contribution < -0.4 is 11.3 Å². The van der Waals surface area contributed by atoms with Crippen LogP contribution in [0, 0.1) is 0 Å². The van der Waals surface area contributed by atoms with Crippen molar-refractivity contribution in [2.45, 2.75) is 6.42 Å². The number of hydrazine groups is 1. The Kier molecular flexibility index (Phi) is 2.05. The molecule has 3 nitrogen and oxygen atoms in total. The van der Waals surface area contributed by atoms with E-state index in [2.05, 4.69) is 17.6 Å². The number of fused-ring (bicyclic) bond motifs is 3. The highest BCUT2D eigenvalue weighted by atomic mass is 32.1. The molecule has 0 saturated heterocycles. The highest BCUT2D eigenvalue weighted by Gasteiger charge is 2.25. The zero-order chi connectivity index (χ0) is 11.1. The van der Waals surface area contributed by atoms with Crippen molar-refractivity contribution in [1.29, 1.82) is 0 Å². The van der Waals surface area contributed by atoms with Crippen molar-refractivity contribution in [2.75, 3.05) is 0 Å². The molecule has 1 aliphatic carbocycles. The van der Waals surface area contributed by atoms with Crippen molar-refractivity contribution in [1.82, 2.24) is 5.43 Å². The van der Waals surface area contributed by atoms with Crippen LogP contribution in [0.4, 0.5) is 0 Å². The molecule has 2 aromatic rings. The van der Waals surface area contributed by atoms with Crippen LogP contribution in [0.2, 0.25) is 0 Å². The standard InChI is InChI=1S/C12H10N2OS/c13-14-12(15)10-6-16-11-8-4-2-1-3-7(8)5-9(10)11/h1-4,6H,5,13H2,(H,14,15). The summed E-state index contributed by atoms with van der Waals surface area (Å²) < 4.78 is 0. The maximum absolute atomic E-state index is 11.6. The number of hydrogen-bond donors (Lipinski definition) is 2. The fourth-order valence-corrected chi connectivity index (χ4v) is 3.27. The number of benzene rings is 1. The summed E-state index contributed by atoms with van der Waals surface area (Å²) in [5.41, 5.74) is 6.54. The SMILES string of the molecule is NNC(=O)c1csc2c1Cc1ccccc1-2. The minimum atomic E-state index is -0.203. The van der Waals surface area contributed by atoms with E-state index in [-0.39, 0.29) is 5.91 Å². The monoisotopic (exact) mass is 230 g/mol. The lowest BCUT2D eigenvalue weighted by Gasteiger charge is -1.98. The molecule has 1 amide bonds. The summed E-state index contributed by atoms with van der Waals surface area (Å²) in [5, 5.41) is 1.88. The summed E-state index contributed by atoms with van der Waals surface area (Å²) in [7, 11) is 0. The van der Waals surface area contributed by atoms with Crippen molar-refractivity contribution < 1.29 is 4.79 Å². The highest BCUT2D eigenvalue weighted by Crippen LogP contribution is 2.42. The number of hydrogen-bond acceptors (Lipinski definition) is 3. The summed E-state index contributed by atoms with van der Waals surface area (Å²) in [6.07, 6.45) is 0.831. The van der Waals surface area contributed by atoms with E-state index < -0.39 is 0 Å².